The van der Waals surface area contributed by atoms with Crippen LogP contribution >= 0.6 is 0 Å². The van der Waals surface area contributed by atoms with Crippen LogP contribution in [0, 0.1) is 6.92 Å². The van der Waals surface area contributed by atoms with Gasteiger partial charge in [0, 0.05) is 18.4 Å². The number of imidazole rings is 1. The van der Waals surface area contributed by atoms with E-state index < -0.39 is 0 Å². The van der Waals surface area contributed by atoms with Crippen LogP contribution in [-0.4, -0.2) is 15.6 Å². The van der Waals surface area contributed by atoms with Gasteiger partial charge in [0.25, 0.3) is 0 Å². The number of hydrogen-bond acceptors (Lipinski definition) is 2. The van der Waals surface area contributed by atoms with Gasteiger partial charge in [-0.25, -0.2) is 4.98 Å². The molecular weight excluding hydrogens is 222 g/mol. The van der Waals surface area contributed by atoms with Gasteiger partial charge in [-0.2, -0.15) is 0 Å². The Labute approximate surface area is 108 Å². The van der Waals surface area contributed by atoms with Crippen LogP contribution in [0.1, 0.15) is 36.9 Å². The second-order valence-electron chi connectivity index (χ2n) is 5.11. The van der Waals surface area contributed by atoms with Gasteiger partial charge in [-0.1, -0.05) is 24.3 Å². The number of hydrogen-bond donors (Lipinski definition) is 1. The largest absolute Gasteiger partial charge is 0.353 e. The molecule has 1 aromatic heterocycles. The number of nitrogens with one attached hydrogen (secondary N) is 1. The Morgan fingerprint density at radius 2 is 2.11 bits per heavy atom. The molecule has 0 aliphatic heterocycles. The lowest BCUT2D eigenvalue weighted by Crippen LogP contribution is -2.13. The topological polar surface area (TPSA) is 29.9 Å². The van der Waals surface area contributed by atoms with Gasteiger partial charge in [-0.3, -0.25) is 0 Å². The molecule has 3 heteroatoms. The third-order valence-corrected chi connectivity index (χ3v) is 3.64. The quantitative estimate of drug-likeness (QED) is 0.889. The Kier molecular flexibility index (Phi) is 2.82. The average Bonchev–Trinajstić information content (AvgIpc) is 3.05. The maximum absolute atomic E-state index is 4.42. The van der Waals surface area contributed by atoms with Crippen molar-refractivity contribution in [2.24, 2.45) is 0 Å². The van der Waals surface area contributed by atoms with Crippen LogP contribution in [0.5, 0.6) is 0 Å². The first-order valence-corrected chi connectivity index (χ1v) is 6.60. The Bertz CT molecular complexity index is 540. The van der Waals surface area contributed by atoms with E-state index in [0.717, 1.165) is 5.95 Å². The van der Waals surface area contributed by atoms with Crippen LogP contribution in [0.15, 0.2) is 36.7 Å². The number of rotatable bonds is 4. The fourth-order valence-corrected chi connectivity index (χ4v) is 2.35. The molecule has 18 heavy (non-hydrogen) atoms. The minimum Gasteiger partial charge on any atom is -0.353 e. The van der Waals surface area contributed by atoms with E-state index in [-0.39, 0.29) is 0 Å². The molecular formula is C15H19N3. The first-order valence-electron chi connectivity index (χ1n) is 6.60. The highest BCUT2D eigenvalue weighted by molar-refractivity contribution is 5.35. The van der Waals surface area contributed by atoms with Crippen molar-refractivity contribution in [1.29, 1.82) is 0 Å². The third-order valence-electron chi connectivity index (χ3n) is 3.64. The summed E-state index contributed by atoms with van der Waals surface area (Å²) in [5.74, 6) is 0.994. The summed E-state index contributed by atoms with van der Waals surface area (Å²) in [5.41, 5.74) is 2.69. The van der Waals surface area contributed by atoms with Gasteiger partial charge in [-0.15, -0.1) is 0 Å². The van der Waals surface area contributed by atoms with E-state index in [0.29, 0.717) is 12.1 Å². The second kappa shape index (κ2) is 4.48. The summed E-state index contributed by atoms with van der Waals surface area (Å²) in [5, 5.41) is 3.49. The first-order chi connectivity index (χ1) is 8.75. The minimum absolute atomic E-state index is 0.315. The Hall–Kier alpha value is -1.77. The molecule has 0 radical (unpaired) electrons. The van der Waals surface area contributed by atoms with Gasteiger partial charge in [0.05, 0.1) is 6.04 Å². The zero-order valence-corrected chi connectivity index (χ0v) is 10.9. The predicted molar refractivity (Wildman–Crippen MR) is 73.9 cm³/mol. The maximum atomic E-state index is 4.42. The molecule has 3 rings (SSSR count). The molecule has 1 aliphatic carbocycles. The summed E-state index contributed by atoms with van der Waals surface area (Å²) in [7, 11) is 0. The van der Waals surface area contributed by atoms with Gasteiger partial charge < -0.3 is 9.88 Å². The van der Waals surface area contributed by atoms with Gasteiger partial charge in [0.2, 0.25) is 5.95 Å². The van der Waals surface area contributed by atoms with Crippen LogP contribution in [0.3, 0.4) is 0 Å². The van der Waals surface area contributed by atoms with Gasteiger partial charge in [0.1, 0.15) is 0 Å². The molecule has 1 atom stereocenters. The molecule has 2 aromatic rings. The smallest absolute Gasteiger partial charge is 0.203 e. The zero-order valence-electron chi connectivity index (χ0n) is 10.9. The van der Waals surface area contributed by atoms with E-state index in [4.69, 9.17) is 0 Å². The van der Waals surface area contributed by atoms with Crippen molar-refractivity contribution in [2.75, 3.05) is 5.32 Å². The van der Waals surface area contributed by atoms with E-state index >= 15 is 0 Å². The Morgan fingerprint density at radius 3 is 2.83 bits per heavy atom. The molecule has 1 aliphatic rings. The summed E-state index contributed by atoms with van der Waals surface area (Å²) in [4.78, 5) is 4.42. The molecule has 1 N–H and O–H groups in total. The van der Waals surface area contributed by atoms with Crippen molar-refractivity contribution in [1.82, 2.24) is 9.55 Å². The highest BCUT2D eigenvalue weighted by Crippen LogP contribution is 2.28. The summed E-state index contributed by atoms with van der Waals surface area (Å²) >= 11 is 0. The van der Waals surface area contributed by atoms with Crippen molar-refractivity contribution < 1.29 is 0 Å². The van der Waals surface area contributed by atoms with Crippen LogP contribution in [-0.2, 0) is 0 Å². The Morgan fingerprint density at radius 1 is 1.33 bits per heavy atom. The number of anilines is 1. The summed E-state index contributed by atoms with van der Waals surface area (Å²) in [6, 6.07) is 9.50. The fraction of sp³-hybridized carbons (Fsp3) is 0.400. The SMILES string of the molecule is Cc1ccccc1C(C)n1ccnc1NC1CC1. The Balaban J connectivity index is 1.89. The van der Waals surface area contributed by atoms with Crippen molar-refractivity contribution in [3.63, 3.8) is 0 Å². The van der Waals surface area contributed by atoms with Crippen molar-refractivity contribution in [3.8, 4) is 0 Å². The molecule has 1 aromatic carbocycles. The van der Waals surface area contributed by atoms with Gasteiger partial charge in [0.15, 0.2) is 0 Å². The summed E-state index contributed by atoms with van der Waals surface area (Å²) in [6.45, 7) is 4.39. The van der Waals surface area contributed by atoms with Crippen molar-refractivity contribution >= 4 is 5.95 Å². The van der Waals surface area contributed by atoms with Crippen LogP contribution in [0.25, 0.3) is 0 Å². The highest BCUT2D eigenvalue weighted by Gasteiger charge is 2.23. The molecule has 0 saturated heterocycles. The molecule has 0 bridgehead atoms. The zero-order chi connectivity index (χ0) is 12.5. The number of aromatic nitrogens is 2. The van der Waals surface area contributed by atoms with Gasteiger partial charge in [-0.05, 0) is 37.8 Å². The van der Waals surface area contributed by atoms with Crippen LogP contribution < -0.4 is 5.32 Å². The van der Waals surface area contributed by atoms with E-state index in [2.05, 4.69) is 59.2 Å². The van der Waals surface area contributed by atoms with E-state index in [1.807, 2.05) is 6.20 Å². The highest BCUT2D eigenvalue weighted by atomic mass is 15.2. The van der Waals surface area contributed by atoms with Crippen molar-refractivity contribution in [2.45, 2.75) is 38.8 Å². The normalized spacial score (nSPS) is 16.6. The van der Waals surface area contributed by atoms with E-state index in [9.17, 15) is 0 Å². The summed E-state index contributed by atoms with van der Waals surface area (Å²) in [6.07, 6.45) is 6.47. The average molecular weight is 241 g/mol. The van der Waals surface area contributed by atoms with E-state index in [1.54, 1.807) is 0 Å². The number of aryl methyl sites for hydroxylation is 1. The van der Waals surface area contributed by atoms with E-state index in [1.165, 1.54) is 24.0 Å². The lowest BCUT2D eigenvalue weighted by atomic mass is 10.0. The molecule has 1 heterocycles. The summed E-state index contributed by atoms with van der Waals surface area (Å²) < 4.78 is 2.22. The molecule has 0 spiro atoms. The lowest BCUT2D eigenvalue weighted by Gasteiger charge is -2.19. The minimum atomic E-state index is 0.315. The lowest BCUT2D eigenvalue weighted by molar-refractivity contribution is 0.639. The van der Waals surface area contributed by atoms with Gasteiger partial charge >= 0.3 is 0 Å². The van der Waals surface area contributed by atoms with Crippen LogP contribution in [0.2, 0.25) is 0 Å². The standard InChI is InChI=1S/C15H19N3/c1-11-5-3-4-6-14(11)12(2)18-10-9-16-15(18)17-13-7-8-13/h3-6,9-10,12-13H,7-8H2,1-2H3,(H,16,17). The molecule has 1 saturated carbocycles. The molecule has 0 amide bonds. The molecule has 1 fully saturated rings. The monoisotopic (exact) mass is 241 g/mol. The maximum Gasteiger partial charge on any atom is 0.203 e. The third kappa shape index (κ3) is 2.13. The first kappa shape index (κ1) is 11.3. The predicted octanol–water partition coefficient (Wildman–Crippen LogP) is 3.38. The second-order valence-corrected chi connectivity index (χ2v) is 5.11. The molecule has 1 unspecified atom stereocenters. The van der Waals surface area contributed by atoms with Crippen molar-refractivity contribution in [3.05, 3.63) is 47.8 Å². The number of nitrogens with zero attached hydrogens (tertiary/aromatic N) is 2. The number of benzene rings is 1. The molecule has 3 nitrogen and oxygen atoms in total. The van der Waals surface area contributed by atoms with Crippen LogP contribution in [0.4, 0.5) is 5.95 Å². The fourth-order valence-electron chi connectivity index (χ4n) is 2.35. The molecule has 94 valence electrons.